The van der Waals surface area contributed by atoms with Crippen LogP contribution in [0.15, 0.2) is 35.0 Å². The molecule has 21 heavy (non-hydrogen) atoms. The fraction of sp³-hybridized carbons (Fsp3) is 0.294. The molecule has 2 heterocycles. The Morgan fingerprint density at radius 2 is 2.29 bits per heavy atom. The van der Waals surface area contributed by atoms with Crippen LogP contribution in [0.4, 0.5) is 0 Å². The molecule has 106 valence electrons. The average molecular weight is 280 g/mol. The van der Waals surface area contributed by atoms with E-state index in [9.17, 15) is 5.26 Å². The van der Waals surface area contributed by atoms with Crippen LogP contribution >= 0.6 is 0 Å². The minimum atomic E-state index is 0.359. The lowest BCUT2D eigenvalue weighted by Gasteiger charge is -2.13. The summed E-state index contributed by atoms with van der Waals surface area (Å²) in [7, 11) is 0. The van der Waals surface area contributed by atoms with Gasteiger partial charge in [0.05, 0.1) is 6.26 Å². The minimum Gasteiger partial charge on any atom is -0.472 e. The highest BCUT2D eigenvalue weighted by Gasteiger charge is 2.25. The third-order valence-corrected chi connectivity index (χ3v) is 3.55. The Kier molecular flexibility index (Phi) is 3.49. The van der Waals surface area contributed by atoms with Crippen LogP contribution in [0, 0.1) is 11.3 Å². The number of fused-ring (bicyclic) bond motifs is 1. The van der Waals surface area contributed by atoms with Crippen LogP contribution in [0.1, 0.15) is 30.0 Å². The molecule has 0 spiro atoms. The van der Waals surface area contributed by atoms with Crippen LogP contribution in [-0.4, -0.2) is 11.6 Å². The molecule has 1 aliphatic rings. The van der Waals surface area contributed by atoms with E-state index in [4.69, 9.17) is 9.15 Å². The summed E-state index contributed by atoms with van der Waals surface area (Å²) >= 11 is 0. The molecule has 4 heteroatoms. The lowest BCUT2D eigenvalue weighted by molar-refractivity contribution is 0.337. The van der Waals surface area contributed by atoms with Crippen LogP contribution < -0.4 is 4.74 Å². The second kappa shape index (κ2) is 5.45. The first-order valence-electron chi connectivity index (χ1n) is 6.97. The Labute approximate surface area is 123 Å². The molecule has 0 N–H and O–H groups in total. The molecule has 4 nitrogen and oxygen atoms in total. The van der Waals surface area contributed by atoms with Gasteiger partial charge in [-0.15, -0.1) is 0 Å². The van der Waals surface area contributed by atoms with E-state index in [-0.39, 0.29) is 0 Å². The van der Waals surface area contributed by atoms with Crippen LogP contribution in [0.5, 0.6) is 5.88 Å². The van der Waals surface area contributed by atoms with E-state index in [2.05, 4.69) is 17.6 Å². The summed E-state index contributed by atoms with van der Waals surface area (Å²) in [4.78, 5) is 4.55. The summed E-state index contributed by atoms with van der Waals surface area (Å²) in [5.74, 6) is 1.10. The molecular formula is C17H16N2O2. The van der Waals surface area contributed by atoms with Gasteiger partial charge in [0.1, 0.15) is 23.9 Å². The van der Waals surface area contributed by atoms with Crippen molar-refractivity contribution in [2.24, 2.45) is 0 Å². The Morgan fingerprint density at radius 3 is 2.95 bits per heavy atom. The lowest BCUT2D eigenvalue weighted by atomic mass is 10.0. The molecule has 0 fully saturated rings. The van der Waals surface area contributed by atoms with Gasteiger partial charge in [-0.2, -0.15) is 5.26 Å². The molecule has 0 saturated carbocycles. The first kappa shape index (κ1) is 13.4. The van der Waals surface area contributed by atoms with Gasteiger partial charge in [-0.1, -0.05) is 6.58 Å². The van der Waals surface area contributed by atoms with Gasteiger partial charge >= 0.3 is 0 Å². The minimum absolute atomic E-state index is 0.359. The highest BCUT2D eigenvalue weighted by atomic mass is 16.5. The number of aromatic nitrogens is 1. The van der Waals surface area contributed by atoms with Crippen molar-refractivity contribution in [3.8, 4) is 23.4 Å². The van der Waals surface area contributed by atoms with Crippen LogP contribution in [0.2, 0.25) is 0 Å². The van der Waals surface area contributed by atoms with Gasteiger partial charge in [0, 0.05) is 0 Å². The molecular weight excluding hydrogens is 264 g/mol. The van der Waals surface area contributed by atoms with Gasteiger partial charge in [-0.3, -0.25) is 0 Å². The number of ether oxygens (including phenoxy) is 1. The van der Waals surface area contributed by atoms with E-state index in [0.29, 0.717) is 18.1 Å². The van der Waals surface area contributed by atoms with E-state index in [1.54, 1.807) is 6.26 Å². The van der Waals surface area contributed by atoms with Gasteiger partial charge < -0.3 is 9.15 Å². The van der Waals surface area contributed by atoms with Crippen molar-refractivity contribution in [3.05, 3.63) is 47.2 Å². The van der Waals surface area contributed by atoms with E-state index >= 15 is 0 Å². The van der Waals surface area contributed by atoms with Gasteiger partial charge in [0.15, 0.2) is 5.76 Å². The molecule has 3 rings (SSSR count). The predicted molar refractivity (Wildman–Crippen MR) is 79.0 cm³/mol. The molecule has 1 aliphatic carbocycles. The second-order valence-electron chi connectivity index (χ2n) is 5.29. The van der Waals surface area contributed by atoms with Crippen molar-refractivity contribution < 1.29 is 9.15 Å². The molecule has 0 bridgehead atoms. The lowest BCUT2D eigenvalue weighted by Crippen LogP contribution is -2.06. The molecule has 0 aliphatic heterocycles. The molecule has 2 aromatic rings. The molecule has 0 unspecified atom stereocenters. The molecule has 0 saturated heterocycles. The number of furan rings is 1. The fourth-order valence-corrected chi connectivity index (χ4v) is 2.66. The van der Waals surface area contributed by atoms with Gasteiger partial charge in [0.25, 0.3) is 0 Å². The number of hydrogen-bond acceptors (Lipinski definition) is 4. The smallest absolute Gasteiger partial charge is 0.232 e. The van der Waals surface area contributed by atoms with E-state index in [1.165, 1.54) is 0 Å². The summed E-state index contributed by atoms with van der Waals surface area (Å²) in [5, 5.41) is 9.45. The maximum Gasteiger partial charge on any atom is 0.232 e. The van der Waals surface area contributed by atoms with Crippen molar-refractivity contribution in [2.45, 2.75) is 26.2 Å². The predicted octanol–water partition coefficient (Wildman–Crippen LogP) is 3.66. The Bertz CT molecular complexity index is 724. The largest absolute Gasteiger partial charge is 0.472 e. The van der Waals surface area contributed by atoms with Crippen molar-refractivity contribution in [2.75, 3.05) is 6.61 Å². The number of pyridine rings is 1. The topological polar surface area (TPSA) is 59.1 Å². The molecule has 0 aromatic carbocycles. The number of nitriles is 1. The van der Waals surface area contributed by atoms with Crippen molar-refractivity contribution in [1.82, 2.24) is 4.98 Å². The molecule has 0 amide bonds. The van der Waals surface area contributed by atoms with Gasteiger partial charge in [-0.05, 0) is 55.0 Å². The third-order valence-electron chi connectivity index (χ3n) is 3.55. The van der Waals surface area contributed by atoms with Crippen molar-refractivity contribution in [1.29, 1.82) is 5.26 Å². The van der Waals surface area contributed by atoms with E-state index in [0.717, 1.165) is 47.4 Å². The summed E-state index contributed by atoms with van der Waals surface area (Å²) in [6.45, 7) is 6.06. The zero-order chi connectivity index (χ0) is 14.8. The monoisotopic (exact) mass is 280 g/mol. The summed E-state index contributed by atoms with van der Waals surface area (Å²) in [5.41, 5.74) is 4.41. The first-order valence-corrected chi connectivity index (χ1v) is 6.97. The molecule has 0 atom stereocenters. The van der Waals surface area contributed by atoms with Crippen molar-refractivity contribution >= 4 is 0 Å². The summed E-state index contributed by atoms with van der Waals surface area (Å²) in [6.07, 6.45) is 4.47. The number of nitrogens with zero attached hydrogens (tertiary/aromatic N) is 2. The normalized spacial score (nSPS) is 12.8. The van der Waals surface area contributed by atoms with Crippen LogP contribution in [0.3, 0.4) is 0 Å². The quantitative estimate of drug-likeness (QED) is 0.802. The fourth-order valence-electron chi connectivity index (χ4n) is 2.66. The number of rotatable bonds is 4. The maximum atomic E-state index is 9.45. The highest BCUT2D eigenvalue weighted by Crippen LogP contribution is 2.37. The Morgan fingerprint density at radius 1 is 1.48 bits per heavy atom. The maximum absolute atomic E-state index is 9.45. The Balaban J connectivity index is 2.14. The zero-order valence-corrected chi connectivity index (χ0v) is 12.0. The second-order valence-corrected chi connectivity index (χ2v) is 5.29. The molecule has 2 aromatic heterocycles. The average Bonchev–Trinajstić information content (AvgIpc) is 3.14. The van der Waals surface area contributed by atoms with Gasteiger partial charge in [-0.25, -0.2) is 4.98 Å². The third kappa shape index (κ3) is 2.43. The highest BCUT2D eigenvalue weighted by molar-refractivity contribution is 5.66. The van der Waals surface area contributed by atoms with Crippen molar-refractivity contribution in [3.63, 3.8) is 0 Å². The zero-order valence-electron chi connectivity index (χ0n) is 12.0. The molecule has 0 radical (unpaired) electrons. The summed E-state index contributed by atoms with van der Waals surface area (Å²) in [6, 6.07) is 5.97. The van der Waals surface area contributed by atoms with Crippen LogP contribution in [-0.2, 0) is 12.8 Å². The van der Waals surface area contributed by atoms with Gasteiger partial charge in [0.2, 0.25) is 5.88 Å². The Hall–Kier alpha value is -2.54. The number of hydrogen-bond donors (Lipinski definition) is 0. The summed E-state index contributed by atoms with van der Waals surface area (Å²) < 4.78 is 11.2. The van der Waals surface area contributed by atoms with Crippen LogP contribution in [0.25, 0.3) is 11.5 Å². The SMILES string of the molecule is C=C(C)COc1nc(-c2ccco2)c2c(c1C#N)CCC2. The standard InChI is InChI=1S/C17H16N2O2/c1-11(2)10-21-17-14(9-18)12-5-3-6-13(12)16(19-17)15-7-4-8-20-15/h4,7-8H,1,3,5-6,10H2,2H3. The first-order chi connectivity index (χ1) is 10.2. The van der Waals surface area contributed by atoms with E-state index in [1.807, 2.05) is 19.1 Å². The van der Waals surface area contributed by atoms with E-state index < -0.39 is 0 Å².